The highest BCUT2D eigenvalue weighted by Crippen LogP contribution is 2.56. The van der Waals surface area contributed by atoms with Crippen molar-refractivity contribution in [3.05, 3.63) is 143 Å². The quantitative estimate of drug-likeness (QED) is 0.0525. The van der Waals surface area contributed by atoms with Crippen LogP contribution in [-0.4, -0.2) is 64.8 Å². The number of fused-ring (bicyclic) bond motifs is 3. The van der Waals surface area contributed by atoms with Gasteiger partial charge >= 0.3 is 11.9 Å². The molecule has 0 spiro atoms. The van der Waals surface area contributed by atoms with E-state index in [1.165, 1.54) is 22.3 Å². The molecule has 0 radical (unpaired) electrons. The van der Waals surface area contributed by atoms with Crippen LogP contribution >= 0.6 is 0 Å². The Morgan fingerprint density at radius 1 is 0.549 bits per heavy atom. The van der Waals surface area contributed by atoms with Gasteiger partial charge in [0.2, 0.25) is 0 Å². The molecule has 0 saturated heterocycles. The van der Waals surface area contributed by atoms with Crippen LogP contribution in [-0.2, 0) is 34.0 Å². The Bertz CT molecular complexity index is 1750. The van der Waals surface area contributed by atoms with E-state index in [0.29, 0.717) is 37.6 Å². The lowest BCUT2D eigenvalue weighted by Gasteiger charge is -2.34. The normalized spacial score (nSPS) is 12.4. The van der Waals surface area contributed by atoms with Gasteiger partial charge in [-0.1, -0.05) is 86.0 Å². The van der Waals surface area contributed by atoms with E-state index in [4.69, 9.17) is 28.4 Å². The molecule has 8 nitrogen and oxygen atoms in total. The van der Waals surface area contributed by atoms with Crippen LogP contribution in [0.3, 0.4) is 0 Å². The number of aryl methyl sites for hydroxylation is 2. The zero-order valence-electron chi connectivity index (χ0n) is 29.9. The van der Waals surface area contributed by atoms with Gasteiger partial charge in [0, 0.05) is 11.1 Å². The molecule has 0 heterocycles. The minimum atomic E-state index is -0.575. The van der Waals surface area contributed by atoms with Gasteiger partial charge in [0.15, 0.2) is 0 Å². The molecule has 0 amide bonds. The highest BCUT2D eigenvalue weighted by molar-refractivity contribution is 5.88. The second-order valence-electron chi connectivity index (χ2n) is 12.6. The van der Waals surface area contributed by atoms with Gasteiger partial charge in [-0.25, -0.2) is 9.59 Å². The molecule has 1 aliphatic rings. The molecule has 1 aliphatic carbocycles. The van der Waals surface area contributed by atoms with Gasteiger partial charge in [-0.15, -0.1) is 0 Å². The maximum Gasteiger partial charge on any atom is 0.333 e. The number of ether oxygens (including phenoxy) is 6. The number of esters is 2. The first-order valence-corrected chi connectivity index (χ1v) is 17.1. The monoisotopic (exact) mass is 690 g/mol. The maximum absolute atomic E-state index is 11.5. The van der Waals surface area contributed by atoms with Crippen LogP contribution in [0.1, 0.15) is 47.2 Å². The summed E-state index contributed by atoms with van der Waals surface area (Å²) in [7, 11) is 0. The number of hydrogen-bond donors (Lipinski definition) is 0. The van der Waals surface area contributed by atoms with Gasteiger partial charge in [0.1, 0.15) is 37.9 Å². The van der Waals surface area contributed by atoms with E-state index in [1.807, 2.05) is 12.1 Å². The number of benzene rings is 4. The Morgan fingerprint density at radius 2 is 0.941 bits per heavy atom. The lowest BCUT2D eigenvalue weighted by molar-refractivity contribution is -0.141. The molecule has 8 heteroatoms. The first-order valence-electron chi connectivity index (χ1n) is 17.1. The molecule has 0 fully saturated rings. The second-order valence-corrected chi connectivity index (χ2v) is 12.6. The molecule has 0 bridgehead atoms. The smallest absolute Gasteiger partial charge is 0.333 e. The Hall–Kier alpha value is -5.18. The van der Waals surface area contributed by atoms with Crippen LogP contribution in [0.25, 0.3) is 11.1 Å². The third-order valence-corrected chi connectivity index (χ3v) is 8.76. The van der Waals surface area contributed by atoms with E-state index in [-0.39, 0.29) is 26.4 Å². The van der Waals surface area contributed by atoms with Crippen molar-refractivity contribution in [3.63, 3.8) is 0 Å². The largest absolute Gasteiger partial charge is 0.491 e. The lowest BCUT2D eigenvalue weighted by atomic mass is 9.67. The minimum Gasteiger partial charge on any atom is -0.491 e. The van der Waals surface area contributed by atoms with E-state index in [0.717, 1.165) is 33.8 Å². The molecule has 0 unspecified atom stereocenters. The molecule has 0 atom stereocenters. The summed E-state index contributed by atoms with van der Waals surface area (Å²) in [6.45, 7) is 16.9. The fourth-order valence-corrected chi connectivity index (χ4v) is 6.37. The van der Waals surface area contributed by atoms with Crippen LogP contribution in [0.15, 0.2) is 109 Å². The van der Waals surface area contributed by atoms with Gasteiger partial charge in [-0.3, -0.25) is 0 Å². The summed E-state index contributed by atoms with van der Waals surface area (Å²) in [5, 5.41) is 0. The number of carbonyl (C=O) groups excluding carboxylic acids is 2. The van der Waals surface area contributed by atoms with Gasteiger partial charge in [0.05, 0.1) is 31.8 Å². The molecule has 0 N–H and O–H groups in total. The zero-order chi connectivity index (χ0) is 36.4. The first-order chi connectivity index (χ1) is 24.6. The van der Waals surface area contributed by atoms with Crippen molar-refractivity contribution in [2.75, 3.05) is 52.9 Å². The molecular formula is C43H46O8. The average Bonchev–Trinajstić information content (AvgIpc) is 3.42. The number of rotatable bonds is 18. The summed E-state index contributed by atoms with van der Waals surface area (Å²) in [6, 6.07) is 30.1. The van der Waals surface area contributed by atoms with E-state index < -0.39 is 17.4 Å². The highest BCUT2D eigenvalue weighted by Gasteiger charge is 2.46. The Kier molecular flexibility index (Phi) is 12.5. The summed E-state index contributed by atoms with van der Waals surface area (Å²) in [6.07, 6.45) is 0. The standard InChI is InChI=1S/C43H46O8/c1-29(2)41(44)50-25-21-46-19-23-48-39-17-15-33(27-31(39)5)43(37-13-9-7-11-35(37)36-12-8-10-14-38(36)43)34-16-18-40(32(6)28-34)49-24-20-47-22-26-51-42(45)30(3)4/h7-18,27-28H,1,3,19-26H2,2,4-6H3. The lowest BCUT2D eigenvalue weighted by Crippen LogP contribution is -2.29. The Labute approximate surface area is 300 Å². The molecule has 51 heavy (non-hydrogen) atoms. The van der Waals surface area contributed by atoms with E-state index in [2.05, 4.69) is 99.8 Å². The third-order valence-electron chi connectivity index (χ3n) is 8.76. The van der Waals surface area contributed by atoms with E-state index >= 15 is 0 Å². The van der Waals surface area contributed by atoms with E-state index in [9.17, 15) is 9.59 Å². The fraction of sp³-hybridized carbons (Fsp3) is 0.302. The molecule has 266 valence electrons. The highest BCUT2D eigenvalue weighted by atomic mass is 16.6. The van der Waals surface area contributed by atoms with Crippen LogP contribution < -0.4 is 9.47 Å². The van der Waals surface area contributed by atoms with Crippen molar-refractivity contribution in [3.8, 4) is 22.6 Å². The van der Waals surface area contributed by atoms with Crippen molar-refractivity contribution in [1.82, 2.24) is 0 Å². The molecule has 0 saturated carbocycles. The summed E-state index contributed by atoms with van der Waals surface area (Å²) in [5.74, 6) is 0.715. The Morgan fingerprint density at radius 3 is 1.33 bits per heavy atom. The van der Waals surface area contributed by atoms with Crippen molar-refractivity contribution >= 4 is 11.9 Å². The SMILES string of the molecule is C=C(C)C(=O)OCCOCCOc1ccc(C2(c3ccc(OCCOCCOC(=O)C(=C)C)c(C)c3)c3ccccc3-c3ccccc32)cc1C. The van der Waals surface area contributed by atoms with Crippen LogP contribution in [0, 0.1) is 13.8 Å². The Balaban J connectivity index is 1.34. The van der Waals surface area contributed by atoms with Crippen molar-refractivity contribution < 1.29 is 38.0 Å². The molecule has 4 aromatic rings. The molecule has 4 aromatic carbocycles. The summed E-state index contributed by atoms with van der Waals surface area (Å²) in [4.78, 5) is 23.1. The molecule has 0 aromatic heterocycles. The average molecular weight is 691 g/mol. The fourth-order valence-electron chi connectivity index (χ4n) is 6.37. The summed E-state index contributed by atoms with van der Waals surface area (Å²) < 4.78 is 33.6. The first kappa shape index (κ1) is 37.1. The third kappa shape index (κ3) is 8.42. The van der Waals surface area contributed by atoms with Crippen LogP contribution in [0.2, 0.25) is 0 Å². The number of carbonyl (C=O) groups is 2. The molecule has 5 rings (SSSR count). The summed E-state index contributed by atoms with van der Waals surface area (Å²) >= 11 is 0. The van der Waals surface area contributed by atoms with Gasteiger partial charge in [-0.2, -0.15) is 0 Å². The van der Waals surface area contributed by atoms with E-state index in [1.54, 1.807) is 13.8 Å². The van der Waals surface area contributed by atoms with Crippen molar-refractivity contribution in [2.45, 2.75) is 33.1 Å². The minimum absolute atomic E-state index is 0.168. The van der Waals surface area contributed by atoms with Gasteiger partial charge in [-0.05, 0) is 84.3 Å². The van der Waals surface area contributed by atoms with Gasteiger partial charge < -0.3 is 28.4 Å². The van der Waals surface area contributed by atoms with Crippen molar-refractivity contribution in [1.29, 1.82) is 0 Å². The predicted molar refractivity (Wildman–Crippen MR) is 197 cm³/mol. The maximum atomic E-state index is 11.5. The molecule has 0 aliphatic heterocycles. The van der Waals surface area contributed by atoms with Gasteiger partial charge in [0.25, 0.3) is 0 Å². The van der Waals surface area contributed by atoms with Crippen LogP contribution in [0.5, 0.6) is 11.5 Å². The van der Waals surface area contributed by atoms with Crippen molar-refractivity contribution in [2.24, 2.45) is 0 Å². The second kappa shape index (κ2) is 17.2. The zero-order valence-corrected chi connectivity index (χ0v) is 29.9. The summed E-state index contributed by atoms with van der Waals surface area (Å²) in [5.41, 5.74) is 9.29. The predicted octanol–water partition coefficient (Wildman–Crippen LogP) is 7.70. The topological polar surface area (TPSA) is 89.5 Å². The van der Waals surface area contributed by atoms with Crippen LogP contribution in [0.4, 0.5) is 0 Å². The number of hydrogen-bond acceptors (Lipinski definition) is 8. The molecular weight excluding hydrogens is 644 g/mol.